The molecule has 2 N–H and O–H groups in total. The van der Waals surface area contributed by atoms with Crippen LogP contribution >= 0.6 is 0 Å². The highest BCUT2D eigenvalue weighted by Crippen LogP contribution is 2.40. The number of imidazole rings is 1. The SMILES string of the molecule is CCCCCNc1ccc2nc(CCCC)n(-c3ccc(-c4ccccc4C(=O)O)c(C)c3C(C)(C)C)c2c1. The van der Waals surface area contributed by atoms with Crippen molar-refractivity contribution in [3.05, 3.63) is 77.1 Å². The molecule has 5 heteroatoms. The van der Waals surface area contributed by atoms with Gasteiger partial charge in [-0.2, -0.15) is 0 Å². The Morgan fingerprint density at radius 2 is 1.69 bits per heavy atom. The highest BCUT2D eigenvalue weighted by atomic mass is 16.4. The Balaban J connectivity index is 1.94. The molecule has 0 unspecified atom stereocenters. The number of hydrogen-bond donors (Lipinski definition) is 2. The van der Waals surface area contributed by atoms with Gasteiger partial charge in [-0.3, -0.25) is 4.57 Å². The van der Waals surface area contributed by atoms with Gasteiger partial charge in [0.2, 0.25) is 0 Å². The van der Waals surface area contributed by atoms with E-state index in [4.69, 9.17) is 4.98 Å². The predicted octanol–water partition coefficient (Wildman–Crippen LogP) is 8.94. The van der Waals surface area contributed by atoms with Gasteiger partial charge in [0.15, 0.2) is 0 Å². The molecule has 39 heavy (non-hydrogen) atoms. The number of carbonyl (C=O) groups is 1. The van der Waals surface area contributed by atoms with Crippen molar-refractivity contribution < 1.29 is 9.90 Å². The van der Waals surface area contributed by atoms with Crippen LogP contribution in [0.15, 0.2) is 54.6 Å². The molecule has 0 aliphatic rings. The second-order valence-corrected chi connectivity index (χ2v) is 11.5. The van der Waals surface area contributed by atoms with Gasteiger partial charge in [-0.25, -0.2) is 9.78 Å². The third kappa shape index (κ3) is 6.03. The van der Waals surface area contributed by atoms with Crippen molar-refractivity contribution in [1.82, 2.24) is 9.55 Å². The van der Waals surface area contributed by atoms with E-state index in [0.717, 1.165) is 77.2 Å². The maximum absolute atomic E-state index is 12.1. The molecule has 206 valence electrons. The maximum atomic E-state index is 12.1. The number of fused-ring (bicyclic) bond motifs is 1. The fourth-order valence-corrected chi connectivity index (χ4v) is 5.64. The number of nitrogens with one attached hydrogen (secondary N) is 1. The molecule has 0 amide bonds. The van der Waals surface area contributed by atoms with E-state index in [1.807, 2.05) is 12.1 Å². The van der Waals surface area contributed by atoms with Gasteiger partial charge in [0, 0.05) is 18.7 Å². The number of carboxylic acids is 1. The van der Waals surface area contributed by atoms with Crippen LogP contribution in [0, 0.1) is 6.92 Å². The number of hydrogen-bond acceptors (Lipinski definition) is 3. The molecule has 0 spiro atoms. The standard InChI is InChI=1S/C34H43N3O2/c1-7-9-13-21-35-24-17-19-28-30(22-24)37(31(36-28)16-10-8-2)29-20-18-25(23(3)32(29)34(4,5)6)26-14-11-12-15-27(26)33(38)39/h11-12,14-15,17-20,22,35H,7-10,13,16,21H2,1-6H3,(H,38,39). The normalized spacial score (nSPS) is 11.7. The summed E-state index contributed by atoms with van der Waals surface area (Å²) < 4.78 is 2.35. The van der Waals surface area contributed by atoms with Crippen LogP contribution in [0.5, 0.6) is 0 Å². The first kappa shape index (κ1) is 28.4. The van der Waals surface area contributed by atoms with Crippen molar-refractivity contribution in [2.24, 2.45) is 0 Å². The average molecular weight is 526 g/mol. The molecule has 0 fully saturated rings. The van der Waals surface area contributed by atoms with Gasteiger partial charge >= 0.3 is 5.97 Å². The molecule has 4 rings (SSSR count). The number of anilines is 1. The predicted molar refractivity (Wildman–Crippen MR) is 164 cm³/mol. The number of aromatic nitrogens is 2. The molecule has 1 aromatic heterocycles. The quantitative estimate of drug-likeness (QED) is 0.192. The molecule has 5 nitrogen and oxygen atoms in total. The highest BCUT2D eigenvalue weighted by molar-refractivity contribution is 5.97. The van der Waals surface area contributed by atoms with Crippen molar-refractivity contribution in [3.8, 4) is 16.8 Å². The molecule has 3 aromatic carbocycles. The smallest absolute Gasteiger partial charge is 0.336 e. The Bertz CT molecular complexity index is 1460. The van der Waals surface area contributed by atoms with Crippen molar-refractivity contribution in [2.75, 3.05) is 11.9 Å². The summed E-state index contributed by atoms with van der Waals surface area (Å²) in [6.45, 7) is 14.2. The van der Waals surface area contributed by atoms with E-state index in [1.54, 1.807) is 12.1 Å². The minimum Gasteiger partial charge on any atom is -0.478 e. The largest absolute Gasteiger partial charge is 0.478 e. The fourth-order valence-electron chi connectivity index (χ4n) is 5.64. The molecular formula is C34H43N3O2. The van der Waals surface area contributed by atoms with Gasteiger partial charge in [-0.15, -0.1) is 0 Å². The number of benzene rings is 3. The van der Waals surface area contributed by atoms with Gasteiger partial charge in [0.25, 0.3) is 0 Å². The number of nitrogens with zero attached hydrogens (tertiary/aromatic N) is 2. The van der Waals surface area contributed by atoms with Crippen molar-refractivity contribution in [2.45, 2.75) is 85.5 Å². The molecule has 0 bridgehead atoms. The average Bonchev–Trinajstić information content (AvgIpc) is 3.26. The molecule has 0 aliphatic carbocycles. The maximum Gasteiger partial charge on any atom is 0.336 e. The number of unbranched alkanes of at least 4 members (excludes halogenated alkanes) is 3. The van der Waals surface area contributed by atoms with E-state index in [2.05, 4.69) is 81.8 Å². The lowest BCUT2D eigenvalue weighted by Gasteiger charge is -2.28. The molecule has 1 heterocycles. The Morgan fingerprint density at radius 3 is 2.38 bits per heavy atom. The summed E-state index contributed by atoms with van der Waals surface area (Å²) in [5.41, 5.74) is 8.49. The fraction of sp³-hybridized carbons (Fsp3) is 0.412. The van der Waals surface area contributed by atoms with Crippen molar-refractivity contribution in [3.63, 3.8) is 0 Å². The van der Waals surface area contributed by atoms with Crippen LogP contribution in [0.3, 0.4) is 0 Å². The Morgan fingerprint density at radius 1 is 0.949 bits per heavy atom. The topological polar surface area (TPSA) is 67.2 Å². The van der Waals surface area contributed by atoms with Gasteiger partial charge < -0.3 is 10.4 Å². The van der Waals surface area contributed by atoms with Crippen LogP contribution < -0.4 is 5.32 Å². The zero-order chi connectivity index (χ0) is 28.2. The monoisotopic (exact) mass is 525 g/mol. The number of rotatable bonds is 11. The van der Waals surface area contributed by atoms with Crippen molar-refractivity contribution in [1.29, 1.82) is 0 Å². The van der Waals surface area contributed by atoms with Gasteiger partial charge in [0.05, 0.1) is 22.3 Å². The first-order chi connectivity index (χ1) is 18.7. The van der Waals surface area contributed by atoms with Crippen LogP contribution in [0.2, 0.25) is 0 Å². The molecular weight excluding hydrogens is 482 g/mol. The van der Waals surface area contributed by atoms with Crippen LogP contribution in [0.4, 0.5) is 5.69 Å². The molecule has 0 saturated carbocycles. The summed E-state index contributed by atoms with van der Waals surface area (Å²) in [4.78, 5) is 17.2. The summed E-state index contributed by atoms with van der Waals surface area (Å²) in [6, 6.07) is 18.0. The molecule has 4 aromatic rings. The zero-order valence-electron chi connectivity index (χ0n) is 24.4. The van der Waals surface area contributed by atoms with Crippen molar-refractivity contribution >= 4 is 22.7 Å². The minimum atomic E-state index is -0.909. The number of aryl methyl sites for hydroxylation is 1. The third-order valence-electron chi connectivity index (χ3n) is 7.47. The Labute approximate surface area is 233 Å². The number of carboxylic acid groups (broad SMARTS) is 1. The zero-order valence-corrected chi connectivity index (χ0v) is 24.4. The Hall–Kier alpha value is -3.60. The number of aromatic carboxylic acids is 1. The molecule has 0 saturated heterocycles. The van der Waals surface area contributed by atoms with Crippen LogP contribution in [0.25, 0.3) is 27.8 Å². The van der Waals surface area contributed by atoms with Crippen LogP contribution in [0.1, 0.15) is 94.0 Å². The second kappa shape index (κ2) is 12.1. The lowest BCUT2D eigenvalue weighted by Crippen LogP contribution is -2.19. The van der Waals surface area contributed by atoms with Gasteiger partial charge in [-0.05, 0) is 77.8 Å². The summed E-state index contributed by atoms with van der Waals surface area (Å²) in [5.74, 6) is 0.159. The lowest BCUT2D eigenvalue weighted by atomic mass is 9.79. The van der Waals surface area contributed by atoms with E-state index in [1.165, 1.54) is 18.4 Å². The van der Waals surface area contributed by atoms with Gasteiger partial charge in [0.1, 0.15) is 5.82 Å². The summed E-state index contributed by atoms with van der Waals surface area (Å²) >= 11 is 0. The second-order valence-electron chi connectivity index (χ2n) is 11.5. The first-order valence-electron chi connectivity index (χ1n) is 14.4. The van der Waals surface area contributed by atoms with E-state index < -0.39 is 5.97 Å². The molecule has 0 radical (unpaired) electrons. The van der Waals surface area contributed by atoms with E-state index in [0.29, 0.717) is 5.56 Å². The lowest BCUT2D eigenvalue weighted by molar-refractivity contribution is 0.0697. The minimum absolute atomic E-state index is 0.178. The van der Waals surface area contributed by atoms with E-state index >= 15 is 0 Å². The van der Waals surface area contributed by atoms with Crippen LogP contribution in [-0.2, 0) is 11.8 Å². The van der Waals surface area contributed by atoms with E-state index in [9.17, 15) is 9.90 Å². The third-order valence-corrected chi connectivity index (χ3v) is 7.47. The summed E-state index contributed by atoms with van der Waals surface area (Å²) in [5, 5.41) is 13.5. The molecule has 0 aliphatic heterocycles. The summed E-state index contributed by atoms with van der Waals surface area (Å²) in [6.07, 6.45) is 6.65. The summed E-state index contributed by atoms with van der Waals surface area (Å²) in [7, 11) is 0. The van der Waals surface area contributed by atoms with Crippen LogP contribution in [-0.4, -0.2) is 27.2 Å². The first-order valence-corrected chi connectivity index (χ1v) is 14.4. The Kier molecular flexibility index (Phi) is 8.79. The molecule has 0 atom stereocenters. The van der Waals surface area contributed by atoms with Gasteiger partial charge in [-0.1, -0.05) is 78.1 Å². The van der Waals surface area contributed by atoms with E-state index in [-0.39, 0.29) is 5.41 Å². The highest BCUT2D eigenvalue weighted by Gasteiger charge is 2.27.